The summed E-state index contributed by atoms with van der Waals surface area (Å²) < 4.78 is 15.3. The van der Waals surface area contributed by atoms with E-state index in [4.69, 9.17) is 0 Å². The maximum Gasteiger partial charge on any atom is 0.256 e. The van der Waals surface area contributed by atoms with Crippen molar-refractivity contribution in [1.29, 1.82) is 0 Å². The highest BCUT2D eigenvalue weighted by Gasteiger charge is 2.23. The van der Waals surface area contributed by atoms with Crippen LogP contribution in [0.2, 0.25) is 0 Å². The van der Waals surface area contributed by atoms with E-state index in [0.29, 0.717) is 5.56 Å². The normalized spacial score (nSPS) is 15.2. The van der Waals surface area contributed by atoms with Crippen molar-refractivity contribution in [3.63, 3.8) is 0 Å². The summed E-state index contributed by atoms with van der Waals surface area (Å²) in [7, 11) is 0. The van der Waals surface area contributed by atoms with Crippen LogP contribution in [0.1, 0.15) is 34.9 Å². The number of rotatable bonds is 5. The molecule has 6 nitrogen and oxygen atoms in total. The van der Waals surface area contributed by atoms with Crippen LogP contribution in [0.4, 0.5) is 10.2 Å². The van der Waals surface area contributed by atoms with E-state index in [1.165, 1.54) is 12.1 Å². The highest BCUT2D eigenvalue weighted by Crippen LogP contribution is 2.26. The number of pyridine rings is 1. The predicted octanol–water partition coefficient (Wildman–Crippen LogP) is 4.66. The van der Waals surface area contributed by atoms with Gasteiger partial charge in [0, 0.05) is 36.7 Å². The minimum absolute atomic E-state index is 0.132. The van der Waals surface area contributed by atoms with Crippen LogP contribution in [0.15, 0.2) is 72.9 Å². The minimum atomic E-state index is -0.243. The number of hydrogen-bond donors (Lipinski definition) is 1. The van der Waals surface area contributed by atoms with Gasteiger partial charge < -0.3 is 5.32 Å². The Balaban J connectivity index is 1.21. The number of aromatic nitrogens is 3. The molecule has 32 heavy (non-hydrogen) atoms. The standard InChI is InChI=1S/C25H24FN5O/c26-20-7-9-23-19(16-20)6-8-21(28-23)17-30-14-11-22(12-15-30)31-24(10-13-27-31)29-25(32)18-4-2-1-3-5-18/h1-10,13,16,22H,11-12,14-15,17H2,(H,29,32). The zero-order chi connectivity index (χ0) is 21.9. The zero-order valence-electron chi connectivity index (χ0n) is 17.6. The maximum atomic E-state index is 13.4. The van der Waals surface area contributed by atoms with Crippen LogP contribution in [0.25, 0.3) is 10.9 Å². The molecule has 1 saturated heterocycles. The lowest BCUT2D eigenvalue weighted by atomic mass is 10.0. The molecule has 0 atom stereocenters. The lowest BCUT2D eigenvalue weighted by molar-refractivity contribution is 0.102. The first kappa shape index (κ1) is 20.3. The highest BCUT2D eigenvalue weighted by atomic mass is 19.1. The molecule has 4 aromatic rings. The second kappa shape index (κ2) is 8.88. The number of anilines is 1. The largest absolute Gasteiger partial charge is 0.307 e. The molecule has 2 aromatic heterocycles. The number of nitrogens with zero attached hydrogens (tertiary/aromatic N) is 4. The van der Waals surface area contributed by atoms with Crippen LogP contribution in [0, 0.1) is 5.82 Å². The molecular weight excluding hydrogens is 405 g/mol. The van der Waals surface area contributed by atoms with Gasteiger partial charge in [0.25, 0.3) is 5.91 Å². The lowest BCUT2D eigenvalue weighted by Crippen LogP contribution is -2.35. The molecule has 1 fully saturated rings. The van der Waals surface area contributed by atoms with Gasteiger partial charge in [0.15, 0.2) is 0 Å². The summed E-state index contributed by atoms with van der Waals surface area (Å²) in [5.41, 5.74) is 2.42. The maximum absolute atomic E-state index is 13.4. The number of amides is 1. The Kier molecular flexibility index (Phi) is 5.64. The van der Waals surface area contributed by atoms with Gasteiger partial charge in [0.1, 0.15) is 11.6 Å². The molecule has 0 saturated carbocycles. The second-order valence-electron chi connectivity index (χ2n) is 8.13. The van der Waals surface area contributed by atoms with E-state index < -0.39 is 0 Å². The Morgan fingerprint density at radius 1 is 1.03 bits per heavy atom. The molecule has 0 radical (unpaired) electrons. The fraction of sp³-hybridized carbons (Fsp3) is 0.240. The molecule has 1 amide bonds. The van der Waals surface area contributed by atoms with Crippen molar-refractivity contribution in [1.82, 2.24) is 19.7 Å². The molecular formula is C25H24FN5O. The van der Waals surface area contributed by atoms with E-state index in [1.807, 2.05) is 41.1 Å². The molecule has 0 bridgehead atoms. The fourth-order valence-corrected chi connectivity index (χ4v) is 4.26. The van der Waals surface area contributed by atoms with Crippen molar-refractivity contribution >= 4 is 22.6 Å². The van der Waals surface area contributed by atoms with Crippen molar-refractivity contribution in [3.8, 4) is 0 Å². The third kappa shape index (κ3) is 4.38. The number of halogens is 1. The SMILES string of the molecule is O=C(Nc1ccnn1C1CCN(Cc2ccc3cc(F)ccc3n2)CC1)c1ccccc1. The summed E-state index contributed by atoms with van der Waals surface area (Å²) in [6.45, 7) is 2.59. The average Bonchev–Trinajstić information content (AvgIpc) is 3.28. The van der Waals surface area contributed by atoms with Crippen molar-refractivity contribution < 1.29 is 9.18 Å². The molecule has 3 heterocycles. The number of carbonyl (C=O) groups excluding carboxylic acids is 1. The summed E-state index contributed by atoms with van der Waals surface area (Å²) >= 11 is 0. The van der Waals surface area contributed by atoms with E-state index in [1.54, 1.807) is 24.4 Å². The van der Waals surface area contributed by atoms with Crippen LogP contribution in [-0.2, 0) is 6.54 Å². The molecule has 162 valence electrons. The molecule has 0 unspecified atom stereocenters. The van der Waals surface area contributed by atoms with Gasteiger partial charge in [-0.05, 0) is 49.2 Å². The van der Waals surface area contributed by atoms with Crippen LogP contribution < -0.4 is 5.32 Å². The number of likely N-dealkylation sites (tertiary alicyclic amines) is 1. The predicted molar refractivity (Wildman–Crippen MR) is 122 cm³/mol. The number of fused-ring (bicyclic) bond motifs is 1. The van der Waals surface area contributed by atoms with Crippen LogP contribution in [0.5, 0.6) is 0 Å². The highest BCUT2D eigenvalue weighted by molar-refractivity contribution is 6.03. The summed E-state index contributed by atoms with van der Waals surface area (Å²) in [4.78, 5) is 19.6. The third-order valence-electron chi connectivity index (χ3n) is 5.95. The van der Waals surface area contributed by atoms with Crippen LogP contribution in [0.3, 0.4) is 0 Å². The van der Waals surface area contributed by atoms with Gasteiger partial charge in [-0.1, -0.05) is 24.3 Å². The lowest BCUT2D eigenvalue weighted by Gasteiger charge is -2.32. The van der Waals surface area contributed by atoms with E-state index in [0.717, 1.165) is 54.9 Å². The van der Waals surface area contributed by atoms with Crippen molar-refractivity contribution in [2.24, 2.45) is 0 Å². The Morgan fingerprint density at radius 3 is 2.66 bits per heavy atom. The number of hydrogen-bond acceptors (Lipinski definition) is 4. The molecule has 1 aliphatic heterocycles. The first-order chi connectivity index (χ1) is 15.7. The van der Waals surface area contributed by atoms with Gasteiger partial charge in [-0.15, -0.1) is 0 Å². The Bertz CT molecular complexity index is 1230. The van der Waals surface area contributed by atoms with Gasteiger partial charge in [-0.3, -0.25) is 14.7 Å². The van der Waals surface area contributed by atoms with Crippen molar-refractivity contribution in [3.05, 3.63) is 90.0 Å². The smallest absolute Gasteiger partial charge is 0.256 e. The van der Waals surface area contributed by atoms with Crippen LogP contribution in [-0.4, -0.2) is 38.7 Å². The van der Waals surface area contributed by atoms with E-state index in [9.17, 15) is 9.18 Å². The van der Waals surface area contributed by atoms with E-state index in [2.05, 4.69) is 20.3 Å². The zero-order valence-corrected chi connectivity index (χ0v) is 17.6. The first-order valence-corrected chi connectivity index (χ1v) is 10.8. The van der Waals surface area contributed by atoms with E-state index in [-0.39, 0.29) is 17.8 Å². The Labute approximate surface area is 185 Å². The monoisotopic (exact) mass is 429 g/mol. The van der Waals surface area contributed by atoms with E-state index >= 15 is 0 Å². The second-order valence-corrected chi connectivity index (χ2v) is 8.13. The quantitative estimate of drug-likeness (QED) is 0.501. The minimum Gasteiger partial charge on any atom is -0.307 e. The van der Waals surface area contributed by atoms with Gasteiger partial charge in [-0.25, -0.2) is 9.07 Å². The number of benzene rings is 2. The van der Waals surface area contributed by atoms with Crippen LogP contribution >= 0.6 is 0 Å². The summed E-state index contributed by atoms with van der Waals surface area (Å²) in [5.74, 6) is 0.347. The first-order valence-electron chi connectivity index (χ1n) is 10.8. The molecule has 0 spiro atoms. The van der Waals surface area contributed by atoms with Gasteiger partial charge in [0.2, 0.25) is 0 Å². The number of nitrogens with one attached hydrogen (secondary N) is 1. The molecule has 2 aromatic carbocycles. The van der Waals surface area contributed by atoms with Gasteiger partial charge in [-0.2, -0.15) is 5.10 Å². The Hall–Kier alpha value is -3.58. The summed E-state index contributed by atoms with van der Waals surface area (Å²) in [6.07, 6.45) is 3.61. The molecule has 1 aliphatic rings. The Morgan fingerprint density at radius 2 is 1.84 bits per heavy atom. The number of piperidine rings is 1. The topological polar surface area (TPSA) is 63.1 Å². The molecule has 1 N–H and O–H groups in total. The summed E-state index contributed by atoms with van der Waals surface area (Å²) in [5, 5.41) is 8.28. The molecule has 5 rings (SSSR count). The molecule has 0 aliphatic carbocycles. The van der Waals surface area contributed by atoms with Crippen molar-refractivity contribution in [2.75, 3.05) is 18.4 Å². The summed E-state index contributed by atoms with van der Waals surface area (Å²) in [6, 6.07) is 19.9. The van der Waals surface area contributed by atoms with Gasteiger partial charge in [0.05, 0.1) is 23.4 Å². The fourth-order valence-electron chi connectivity index (χ4n) is 4.26. The third-order valence-corrected chi connectivity index (χ3v) is 5.95. The molecule has 7 heteroatoms. The van der Waals surface area contributed by atoms with Gasteiger partial charge >= 0.3 is 0 Å². The van der Waals surface area contributed by atoms with Crippen molar-refractivity contribution in [2.45, 2.75) is 25.4 Å². The average molecular weight is 429 g/mol. The number of carbonyl (C=O) groups is 1.